The van der Waals surface area contributed by atoms with Gasteiger partial charge in [0.15, 0.2) is 0 Å². The molecule has 2 N–H and O–H groups in total. The first-order valence-corrected chi connectivity index (χ1v) is 7.88. The molecule has 1 atom stereocenters. The van der Waals surface area contributed by atoms with Crippen LogP contribution in [-0.4, -0.2) is 5.91 Å². The van der Waals surface area contributed by atoms with E-state index in [-0.39, 0.29) is 11.6 Å². The van der Waals surface area contributed by atoms with E-state index >= 15 is 0 Å². The number of nitrogens with zero attached hydrogens (tertiary/aromatic N) is 1. The number of carbonyl (C=O) groups is 1. The van der Waals surface area contributed by atoms with Gasteiger partial charge >= 0.3 is 0 Å². The molecule has 0 spiro atoms. The van der Waals surface area contributed by atoms with Gasteiger partial charge in [-0.2, -0.15) is 5.26 Å². The van der Waals surface area contributed by atoms with Crippen LogP contribution in [0.1, 0.15) is 24.1 Å². The lowest BCUT2D eigenvalue weighted by atomic mass is 10.1. The van der Waals surface area contributed by atoms with Crippen molar-refractivity contribution >= 4 is 23.2 Å². The average molecular weight is 340 g/mol. The number of nitrogens with one attached hydrogen (secondary N) is 2. The van der Waals surface area contributed by atoms with E-state index in [0.717, 1.165) is 11.1 Å². The van der Waals surface area contributed by atoms with E-state index in [4.69, 9.17) is 11.6 Å². The SMILES string of the molecule is Cc1ccc(N/C=C(/C#N)C(=O)NC(C)c2ccccc2)cc1Cl. The summed E-state index contributed by atoms with van der Waals surface area (Å²) in [4.78, 5) is 12.2. The molecule has 0 aromatic heterocycles. The van der Waals surface area contributed by atoms with Gasteiger partial charge in [0.05, 0.1) is 6.04 Å². The highest BCUT2D eigenvalue weighted by Crippen LogP contribution is 2.20. The third kappa shape index (κ3) is 4.61. The Labute approximate surface area is 146 Å². The number of rotatable bonds is 5. The summed E-state index contributed by atoms with van der Waals surface area (Å²) in [6, 6.07) is 16.7. The van der Waals surface area contributed by atoms with Crippen LogP contribution in [0.3, 0.4) is 0 Å². The number of aryl methyl sites for hydroxylation is 1. The molecule has 0 heterocycles. The summed E-state index contributed by atoms with van der Waals surface area (Å²) in [6.45, 7) is 3.77. The van der Waals surface area contributed by atoms with E-state index < -0.39 is 5.91 Å². The average Bonchev–Trinajstić information content (AvgIpc) is 2.59. The summed E-state index contributed by atoms with van der Waals surface area (Å²) in [6.07, 6.45) is 1.38. The van der Waals surface area contributed by atoms with Crippen molar-refractivity contribution in [1.82, 2.24) is 5.32 Å². The molecule has 0 fully saturated rings. The summed E-state index contributed by atoms with van der Waals surface area (Å²) >= 11 is 6.06. The molecule has 0 bridgehead atoms. The van der Waals surface area contributed by atoms with Crippen LogP contribution >= 0.6 is 11.6 Å². The maximum atomic E-state index is 12.2. The van der Waals surface area contributed by atoms with Gasteiger partial charge in [0.2, 0.25) is 0 Å². The fraction of sp³-hybridized carbons (Fsp3) is 0.158. The predicted octanol–water partition coefficient (Wildman–Crippen LogP) is 4.35. The van der Waals surface area contributed by atoms with Gasteiger partial charge in [-0.3, -0.25) is 4.79 Å². The zero-order valence-electron chi connectivity index (χ0n) is 13.5. The highest BCUT2D eigenvalue weighted by Gasteiger charge is 2.13. The van der Waals surface area contributed by atoms with Crippen molar-refractivity contribution in [2.75, 3.05) is 5.32 Å². The normalized spacial score (nSPS) is 12.2. The maximum absolute atomic E-state index is 12.2. The lowest BCUT2D eigenvalue weighted by Crippen LogP contribution is -2.28. The summed E-state index contributed by atoms with van der Waals surface area (Å²) < 4.78 is 0. The van der Waals surface area contributed by atoms with Gasteiger partial charge in [0.1, 0.15) is 11.6 Å². The molecule has 0 saturated heterocycles. The Morgan fingerprint density at radius 3 is 2.58 bits per heavy atom. The standard InChI is InChI=1S/C19H18ClN3O/c1-13-8-9-17(10-18(13)20)22-12-16(11-21)19(24)23-14(2)15-6-4-3-5-7-15/h3-10,12,14,22H,1-2H3,(H,23,24)/b16-12-. The van der Waals surface area contributed by atoms with Crippen molar-refractivity contribution in [1.29, 1.82) is 5.26 Å². The Hall–Kier alpha value is -2.77. The van der Waals surface area contributed by atoms with Gasteiger partial charge in [-0.25, -0.2) is 0 Å². The van der Waals surface area contributed by atoms with Crippen LogP contribution in [0.15, 0.2) is 60.3 Å². The molecular formula is C19H18ClN3O. The maximum Gasteiger partial charge on any atom is 0.263 e. The van der Waals surface area contributed by atoms with E-state index in [1.54, 1.807) is 6.07 Å². The van der Waals surface area contributed by atoms with E-state index in [2.05, 4.69) is 10.6 Å². The number of anilines is 1. The van der Waals surface area contributed by atoms with Crippen LogP contribution in [0.25, 0.3) is 0 Å². The molecule has 2 rings (SSSR count). The number of nitriles is 1. The fourth-order valence-electron chi connectivity index (χ4n) is 2.09. The van der Waals surface area contributed by atoms with E-state index in [1.807, 2.05) is 62.4 Å². The van der Waals surface area contributed by atoms with E-state index in [0.29, 0.717) is 10.7 Å². The number of hydrogen-bond acceptors (Lipinski definition) is 3. The quantitative estimate of drug-likeness (QED) is 0.629. The summed E-state index contributed by atoms with van der Waals surface area (Å²) in [5, 5.41) is 15.6. The molecule has 0 saturated carbocycles. The Balaban J connectivity index is 2.05. The highest BCUT2D eigenvalue weighted by molar-refractivity contribution is 6.31. The third-order valence-electron chi connectivity index (χ3n) is 3.57. The van der Waals surface area contributed by atoms with Gasteiger partial charge in [0.25, 0.3) is 5.91 Å². The largest absolute Gasteiger partial charge is 0.360 e. The van der Waals surface area contributed by atoms with Gasteiger partial charge in [-0.15, -0.1) is 0 Å². The molecule has 2 aromatic carbocycles. The Morgan fingerprint density at radius 2 is 1.96 bits per heavy atom. The fourth-order valence-corrected chi connectivity index (χ4v) is 2.27. The molecule has 2 aromatic rings. The monoisotopic (exact) mass is 339 g/mol. The molecule has 4 nitrogen and oxygen atoms in total. The zero-order chi connectivity index (χ0) is 17.5. The topological polar surface area (TPSA) is 64.9 Å². The zero-order valence-corrected chi connectivity index (χ0v) is 14.3. The van der Waals surface area contributed by atoms with Crippen molar-refractivity contribution in [2.24, 2.45) is 0 Å². The van der Waals surface area contributed by atoms with Gasteiger partial charge in [-0.05, 0) is 37.1 Å². The van der Waals surface area contributed by atoms with Gasteiger partial charge in [0, 0.05) is 16.9 Å². The van der Waals surface area contributed by atoms with Crippen LogP contribution < -0.4 is 10.6 Å². The Kier molecular flexibility index (Phi) is 6.00. The molecule has 0 aliphatic rings. The lowest BCUT2D eigenvalue weighted by Gasteiger charge is -2.14. The highest BCUT2D eigenvalue weighted by atomic mass is 35.5. The third-order valence-corrected chi connectivity index (χ3v) is 3.97. The first-order valence-electron chi connectivity index (χ1n) is 7.50. The summed E-state index contributed by atoms with van der Waals surface area (Å²) in [5.41, 5.74) is 2.64. The van der Waals surface area contributed by atoms with Crippen LogP contribution in [0.4, 0.5) is 5.69 Å². The van der Waals surface area contributed by atoms with Crippen LogP contribution in [-0.2, 0) is 4.79 Å². The minimum atomic E-state index is -0.431. The second-order valence-electron chi connectivity index (χ2n) is 5.38. The number of halogens is 1. The predicted molar refractivity (Wildman–Crippen MR) is 96.5 cm³/mol. The van der Waals surface area contributed by atoms with Gasteiger partial charge < -0.3 is 10.6 Å². The molecule has 1 unspecified atom stereocenters. The Morgan fingerprint density at radius 1 is 1.25 bits per heavy atom. The Bertz CT molecular complexity index is 794. The smallest absolute Gasteiger partial charge is 0.263 e. The van der Waals surface area contributed by atoms with Gasteiger partial charge in [-0.1, -0.05) is 48.0 Å². The van der Waals surface area contributed by atoms with Crippen molar-refractivity contribution in [3.8, 4) is 6.07 Å². The molecule has 122 valence electrons. The molecule has 24 heavy (non-hydrogen) atoms. The summed E-state index contributed by atoms with van der Waals surface area (Å²) in [7, 11) is 0. The van der Waals surface area contributed by atoms with Crippen LogP contribution in [0.2, 0.25) is 5.02 Å². The number of carbonyl (C=O) groups excluding carboxylic acids is 1. The molecule has 5 heteroatoms. The minimum Gasteiger partial charge on any atom is -0.360 e. The molecule has 0 aliphatic carbocycles. The van der Waals surface area contributed by atoms with Crippen molar-refractivity contribution in [3.05, 3.63) is 76.5 Å². The van der Waals surface area contributed by atoms with Crippen LogP contribution in [0, 0.1) is 18.3 Å². The van der Waals surface area contributed by atoms with Crippen molar-refractivity contribution in [3.63, 3.8) is 0 Å². The van der Waals surface area contributed by atoms with E-state index in [1.165, 1.54) is 6.20 Å². The second kappa shape index (κ2) is 8.19. The number of hydrogen-bond donors (Lipinski definition) is 2. The second-order valence-corrected chi connectivity index (χ2v) is 5.79. The lowest BCUT2D eigenvalue weighted by molar-refractivity contribution is -0.117. The first-order chi connectivity index (χ1) is 11.5. The van der Waals surface area contributed by atoms with Crippen molar-refractivity contribution in [2.45, 2.75) is 19.9 Å². The molecule has 0 radical (unpaired) electrons. The summed E-state index contributed by atoms with van der Waals surface area (Å²) in [5.74, 6) is -0.431. The van der Waals surface area contributed by atoms with Crippen LogP contribution in [0.5, 0.6) is 0 Å². The first kappa shape index (κ1) is 17.6. The molecular weight excluding hydrogens is 322 g/mol. The molecule has 0 aliphatic heterocycles. The van der Waals surface area contributed by atoms with E-state index in [9.17, 15) is 10.1 Å². The number of benzene rings is 2. The van der Waals surface area contributed by atoms with Crippen molar-refractivity contribution < 1.29 is 4.79 Å². The minimum absolute atomic E-state index is 0.00511. The molecule has 1 amide bonds. The number of amides is 1.